The Labute approximate surface area is 128 Å². The van der Waals surface area contributed by atoms with E-state index in [0.717, 1.165) is 45.3 Å². The van der Waals surface area contributed by atoms with Crippen LogP contribution in [0.1, 0.15) is 46.0 Å². The fourth-order valence-electron chi connectivity index (χ4n) is 3.45. The van der Waals surface area contributed by atoms with Crippen LogP contribution in [0.2, 0.25) is 0 Å². The van der Waals surface area contributed by atoms with E-state index in [2.05, 4.69) is 19.2 Å². The van der Waals surface area contributed by atoms with Crippen molar-refractivity contribution in [2.75, 3.05) is 13.2 Å². The number of ether oxygens (including phenoxy) is 1. The molecule has 1 saturated heterocycles. The molecule has 2 aliphatic rings. The molecule has 118 valence electrons. The third kappa shape index (κ3) is 4.61. The molecule has 1 saturated carbocycles. The van der Waals surface area contributed by atoms with Crippen molar-refractivity contribution < 1.29 is 9.53 Å². The lowest BCUT2D eigenvalue weighted by molar-refractivity contribution is -0.126. The van der Waals surface area contributed by atoms with E-state index in [4.69, 9.17) is 10.5 Å². The van der Waals surface area contributed by atoms with Crippen LogP contribution in [0, 0.1) is 17.8 Å². The molecule has 4 nitrogen and oxygen atoms in total. The molecular formula is C15H29ClN2O2. The molecule has 4 unspecified atom stereocenters. The molecule has 1 aliphatic carbocycles. The van der Waals surface area contributed by atoms with E-state index in [-0.39, 0.29) is 30.3 Å². The number of carbonyl (C=O) groups is 1. The van der Waals surface area contributed by atoms with Gasteiger partial charge in [-0.05, 0) is 31.6 Å². The topological polar surface area (TPSA) is 64.3 Å². The average Bonchev–Trinajstić information content (AvgIpc) is 2.84. The van der Waals surface area contributed by atoms with Gasteiger partial charge in [-0.2, -0.15) is 0 Å². The maximum absolute atomic E-state index is 12.2. The first-order chi connectivity index (χ1) is 9.08. The van der Waals surface area contributed by atoms with E-state index in [1.807, 2.05) is 0 Å². The Balaban J connectivity index is 0.00000200. The lowest BCUT2D eigenvalue weighted by Crippen LogP contribution is -2.41. The normalized spacial score (nSPS) is 33.8. The summed E-state index contributed by atoms with van der Waals surface area (Å²) in [4.78, 5) is 12.2. The number of hydrogen-bond acceptors (Lipinski definition) is 3. The van der Waals surface area contributed by atoms with Gasteiger partial charge in [0, 0.05) is 31.0 Å². The predicted octanol–water partition coefficient (Wildman–Crippen LogP) is 2.10. The van der Waals surface area contributed by atoms with Crippen molar-refractivity contribution >= 4 is 18.3 Å². The van der Waals surface area contributed by atoms with Crippen molar-refractivity contribution in [1.82, 2.24) is 5.32 Å². The Morgan fingerprint density at radius 3 is 2.75 bits per heavy atom. The van der Waals surface area contributed by atoms with Gasteiger partial charge in [0.15, 0.2) is 0 Å². The molecule has 0 aromatic carbocycles. The zero-order valence-corrected chi connectivity index (χ0v) is 13.5. The van der Waals surface area contributed by atoms with Crippen LogP contribution in [0.5, 0.6) is 0 Å². The van der Waals surface area contributed by atoms with E-state index < -0.39 is 0 Å². The van der Waals surface area contributed by atoms with Crippen LogP contribution in [-0.4, -0.2) is 31.2 Å². The van der Waals surface area contributed by atoms with Gasteiger partial charge in [0.1, 0.15) is 0 Å². The minimum absolute atomic E-state index is 0. The molecule has 0 aromatic heterocycles. The highest BCUT2D eigenvalue weighted by Gasteiger charge is 2.32. The molecule has 1 amide bonds. The molecule has 5 heteroatoms. The molecule has 0 aromatic rings. The van der Waals surface area contributed by atoms with Gasteiger partial charge in [-0.15, -0.1) is 12.4 Å². The molecular weight excluding hydrogens is 276 g/mol. The summed E-state index contributed by atoms with van der Waals surface area (Å²) in [6, 6.07) is 0.211. The largest absolute Gasteiger partial charge is 0.378 e. The number of halogens is 1. The zero-order chi connectivity index (χ0) is 13.8. The zero-order valence-electron chi connectivity index (χ0n) is 12.6. The molecule has 1 aliphatic heterocycles. The minimum atomic E-state index is 0. The first-order valence-electron chi connectivity index (χ1n) is 7.72. The highest BCUT2D eigenvalue weighted by Crippen LogP contribution is 2.27. The molecule has 0 spiro atoms. The molecule has 4 atom stereocenters. The van der Waals surface area contributed by atoms with Crippen LogP contribution in [0.3, 0.4) is 0 Å². The standard InChI is InChI=1S/C15H28N2O2.ClH/c1-10(2)14-12(6-7-19-14)9-17-15(18)11-4-3-5-13(16)8-11;/h10-14H,3-9,16H2,1-2H3,(H,17,18);1H. The molecule has 2 rings (SSSR count). The van der Waals surface area contributed by atoms with Crippen molar-refractivity contribution in [3.63, 3.8) is 0 Å². The summed E-state index contributed by atoms with van der Waals surface area (Å²) in [7, 11) is 0. The van der Waals surface area contributed by atoms with Crippen LogP contribution in [-0.2, 0) is 9.53 Å². The second-order valence-corrected chi connectivity index (χ2v) is 6.50. The van der Waals surface area contributed by atoms with Gasteiger partial charge in [0.2, 0.25) is 5.91 Å². The highest BCUT2D eigenvalue weighted by atomic mass is 35.5. The predicted molar refractivity (Wildman–Crippen MR) is 82.9 cm³/mol. The summed E-state index contributed by atoms with van der Waals surface area (Å²) in [5.41, 5.74) is 5.94. The average molecular weight is 305 g/mol. The lowest BCUT2D eigenvalue weighted by Gasteiger charge is -2.27. The smallest absolute Gasteiger partial charge is 0.223 e. The van der Waals surface area contributed by atoms with Gasteiger partial charge in [-0.3, -0.25) is 4.79 Å². The van der Waals surface area contributed by atoms with E-state index in [1.165, 1.54) is 0 Å². The Bertz CT molecular complexity index is 312. The van der Waals surface area contributed by atoms with E-state index in [0.29, 0.717) is 17.9 Å². The lowest BCUT2D eigenvalue weighted by atomic mass is 9.85. The third-order valence-corrected chi connectivity index (χ3v) is 4.54. The van der Waals surface area contributed by atoms with E-state index in [1.54, 1.807) is 0 Å². The van der Waals surface area contributed by atoms with Gasteiger partial charge in [-0.1, -0.05) is 20.3 Å². The Morgan fingerprint density at radius 1 is 1.35 bits per heavy atom. The molecule has 20 heavy (non-hydrogen) atoms. The SMILES string of the molecule is CC(C)C1OCCC1CNC(=O)C1CCCC(N)C1.Cl. The van der Waals surface area contributed by atoms with Crippen LogP contribution in [0.15, 0.2) is 0 Å². The minimum Gasteiger partial charge on any atom is -0.378 e. The Kier molecular flexibility index (Phi) is 7.27. The number of rotatable bonds is 4. The maximum atomic E-state index is 12.2. The van der Waals surface area contributed by atoms with Crippen molar-refractivity contribution in [1.29, 1.82) is 0 Å². The Hall–Kier alpha value is -0.320. The van der Waals surface area contributed by atoms with Crippen LogP contribution >= 0.6 is 12.4 Å². The number of nitrogens with one attached hydrogen (secondary N) is 1. The van der Waals surface area contributed by atoms with Crippen molar-refractivity contribution in [3.05, 3.63) is 0 Å². The van der Waals surface area contributed by atoms with Crippen LogP contribution in [0.25, 0.3) is 0 Å². The van der Waals surface area contributed by atoms with E-state index >= 15 is 0 Å². The summed E-state index contributed by atoms with van der Waals surface area (Å²) in [5, 5.41) is 3.13. The van der Waals surface area contributed by atoms with Crippen molar-refractivity contribution in [2.45, 2.75) is 58.1 Å². The van der Waals surface area contributed by atoms with Gasteiger partial charge >= 0.3 is 0 Å². The van der Waals surface area contributed by atoms with E-state index in [9.17, 15) is 4.79 Å². The van der Waals surface area contributed by atoms with Crippen molar-refractivity contribution in [2.24, 2.45) is 23.5 Å². The molecule has 1 heterocycles. The molecule has 0 radical (unpaired) electrons. The number of carbonyl (C=O) groups excluding carboxylic acids is 1. The second kappa shape index (κ2) is 8.20. The summed E-state index contributed by atoms with van der Waals surface area (Å²) in [6.45, 7) is 5.96. The summed E-state index contributed by atoms with van der Waals surface area (Å²) >= 11 is 0. The fourth-order valence-corrected chi connectivity index (χ4v) is 3.45. The molecule has 2 fully saturated rings. The van der Waals surface area contributed by atoms with Gasteiger partial charge in [0.05, 0.1) is 6.10 Å². The molecule has 0 bridgehead atoms. The summed E-state index contributed by atoms with van der Waals surface area (Å²) in [5.74, 6) is 1.32. The first-order valence-corrected chi connectivity index (χ1v) is 7.72. The number of hydrogen-bond donors (Lipinski definition) is 2. The summed E-state index contributed by atoms with van der Waals surface area (Å²) < 4.78 is 5.75. The fraction of sp³-hybridized carbons (Fsp3) is 0.933. The third-order valence-electron chi connectivity index (χ3n) is 4.54. The molecule has 3 N–H and O–H groups in total. The summed E-state index contributed by atoms with van der Waals surface area (Å²) in [6.07, 6.45) is 5.35. The van der Waals surface area contributed by atoms with Crippen LogP contribution in [0.4, 0.5) is 0 Å². The maximum Gasteiger partial charge on any atom is 0.223 e. The highest BCUT2D eigenvalue weighted by molar-refractivity contribution is 5.85. The number of nitrogens with two attached hydrogens (primary N) is 1. The second-order valence-electron chi connectivity index (χ2n) is 6.50. The van der Waals surface area contributed by atoms with Gasteiger partial charge in [0.25, 0.3) is 0 Å². The van der Waals surface area contributed by atoms with Gasteiger partial charge in [-0.25, -0.2) is 0 Å². The first kappa shape index (κ1) is 17.7. The van der Waals surface area contributed by atoms with Gasteiger partial charge < -0.3 is 15.8 Å². The van der Waals surface area contributed by atoms with Crippen LogP contribution < -0.4 is 11.1 Å². The monoisotopic (exact) mass is 304 g/mol. The quantitative estimate of drug-likeness (QED) is 0.836. The number of amides is 1. The van der Waals surface area contributed by atoms with Crippen molar-refractivity contribution in [3.8, 4) is 0 Å². The Morgan fingerprint density at radius 2 is 2.10 bits per heavy atom.